The molecule has 2 aliphatic rings. The molecule has 1 aliphatic heterocycles. The van der Waals surface area contributed by atoms with Crippen LogP contribution in [0.1, 0.15) is 57.4 Å². The van der Waals surface area contributed by atoms with Crippen LogP contribution in [0.3, 0.4) is 0 Å². The van der Waals surface area contributed by atoms with Gasteiger partial charge in [0.05, 0.1) is 0 Å². The molecule has 1 saturated heterocycles. The molecule has 1 aliphatic carbocycles. The maximum atomic E-state index is 6.08. The molecule has 0 radical (unpaired) electrons. The van der Waals surface area contributed by atoms with E-state index in [4.69, 9.17) is 5.73 Å². The number of hydrogen-bond acceptors (Lipinski definition) is 4. The number of nitrogen functional groups attached to an aromatic ring is 1. The van der Waals surface area contributed by atoms with E-state index in [1.807, 2.05) is 0 Å². The number of nitrogens with zero attached hydrogens (tertiary/aromatic N) is 3. The quantitative estimate of drug-likeness (QED) is 0.899. The van der Waals surface area contributed by atoms with Crippen molar-refractivity contribution >= 4 is 11.6 Å². The zero-order valence-corrected chi connectivity index (χ0v) is 12.7. The summed E-state index contributed by atoms with van der Waals surface area (Å²) in [6.07, 6.45) is 8.58. The number of fused-ring (bicyclic) bond motifs is 1. The average Bonchev–Trinajstić information content (AvgIpc) is 2.46. The van der Waals surface area contributed by atoms with Crippen LogP contribution < -0.4 is 10.6 Å². The van der Waals surface area contributed by atoms with Crippen LogP contribution in [0.4, 0.5) is 11.6 Å². The van der Waals surface area contributed by atoms with Crippen molar-refractivity contribution in [3.63, 3.8) is 0 Å². The minimum atomic E-state index is 0.371. The Morgan fingerprint density at radius 1 is 1.15 bits per heavy atom. The lowest BCUT2D eigenvalue weighted by Crippen LogP contribution is -2.42. The summed E-state index contributed by atoms with van der Waals surface area (Å²) < 4.78 is 0. The largest absolute Gasteiger partial charge is 0.383 e. The molecular formula is C16H26N4. The first-order valence-corrected chi connectivity index (χ1v) is 8.02. The lowest BCUT2D eigenvalue weighted by molar-refractivity contribution is 0.202. The third kappa shape index (κ3) is 2.48. The van der Waals surface area contributed by atoms with E-state index in [1.54, 1.807) is 6.33 Å². The maximum absolute atomic E-state index is 6.08. The van der Waals surface area contributed by atoms with Gasteiger partial charge in [-0.2, -0.15) is 0 Å². The molecule has 2 atom stereocenters. The number of nitrogens with two attached hydrogens (primary N) is 1. The molecular weight excluding hydrogens is 248 g/mol. The first kappa shape index (κ1) is 13.7. The Morgan fingerprint density at radius 3 is 2.65 bits per heavy atom. The third-order valence-electron chi connectivity index (χ3n) is 5.06. The summed E-state index contributed by atoms with van der Waals surface area (Å²) in [7, 11) is 0. The standard InChI is InChI=1S/C16H26N4/c1-11(2)14-15(17)18-10-19-16(14)20-8-7-12-5-3-4-6-13(12)9-20/h10-13H,3-9H2,1-2H3,(H2,17,18,19). The fourth-order valence-electron chi connectivity index (χ4n) is 4.00. The Hall–Kier alpha value is -1.32. The Balaban J connectivity index is 1.84. The molecule has 2 N–H and O–H groups in total. The van der Waals surface area contributed by atoms with Gasteiger partial charge in [-0.25, -0.2) is 9.97 Å². The second kappa shape index (κ2) is 5.58. The molecule has 110 valence electrons. The minimum absolute atomic E-state index is 0.371. The average molecular weight is 274 g/mol. The molecule has 1 saturated carbocycles. The SMILES string of the molecule is CC(C)c1c(N)ncnc1N1CCC2CCCCC2C1. The highest BCUT2D eigenvalue weighted by molar-refractivity contribution is 5.58. The van der Waals surface area contributed by atoms with Crippen molar-refractivity contribution in [1.82, 2.24) is 9.97 Å². The van der Waals surface area contributed by atoms with E-state index in [0.29, 0.717) is 11.7 Å². The molecule has 2 fully saturated rings. The van der Waals surface area contributed by atoms with Gasteiger partial charge in [-0.3, -0.25) is 0 Å². The summed E-state index contributed by atoms with van der Waals surface area (Å²) in [4.78, 5) is 11.2. The van der Waals surface area contributed by atoms with E-state index in [0.717, 1.165) is 36.3 Å². The second-order valence-electron chi connectivity index (χ2n) is 6.69. The van der Waals surface area contributed by atoms with Crippen LogP contribution >= 0.6 is 0 Å². The predicted molar refractivity (Wildman–Crippen MR) is 82.8 cm³/mol. The summed E-state index contributed by atoms with van der Waals surface area (Å²) in [5.41, 5.74) is 7.21. The van der Waals surface area contributed by atoms with Crippen molar-refractivity contribution in [2.75, 3.05) is 23.7 Å². The molecule has 2 heterocycles. The fourth-order valence-corrected chi connectivity index (χ4v) is 4.00. The highest BCUT2D eigenvalue weighted by Crippen LogP contribution is 2.39. The first-order chi connectivity index (χ1) is 9.66. The van der Waals surface area contributed by atoms with Gasteiger partial charge in [0.25, 0.3) is 0 Å². The number of hydrogen-bond donors (Lipinski definition) is 1. The molecule has 4 heteroatoms. The first-order valence-electron chi connectivity index (χ1n) is 8.02. The van der Waals surface area contributed by atoms with Gasteiger partial charge in [0.1, 0.15) is 18.0 Å². The van der Waals surface area contributed by atoms with Crippen LogP contribution in [0.25, 0.3) is 0 Å². The van der Waals surface area contributed by atoms with Crippen molar-refractivity contribution in [3.8, 4) is 0 Å². The van der Waals surface area contributed by atoms with Gasteiger partial charge in [-0.1, -0.05) is 33.1 Å². The Labute approximate surface area is 121 Å². The van der Waals surface area contributed by atoms with E-state index >= 15 is 0 Å². The van der Waals surface area contributed by atoms with Gasteiger partial charge in [0.2, 0.25) is 0 Å². The zero-order valence-electron chi connectivity index (χ0n) is 12.7. The zero-order chi connectivity index (χ0) is 14.1. The number of anilines is 2. The van der Waals surface area contributed by atoms with Crippen molar-refractivity contribution in [2.45, 2.75) is 51.9 Å². The van der Waals surface area contributed by atoms with Gasteiger partial charge in [0.15, 0.2) is 0 Å². The normalized spacial score (nSPS) is 26.6. The van der Waals surface area contributed by atoms with Gasteiger partial charge in [-0.05, 0) is 30.6 Å². The summed E-state index contributed by atoms with van der Waals surface area (Å²) in [6, 6.07) is 0. The smallest absolute Gasteiger partial charge is 0.137 e. The monoisotopic (exact) mass is 274 g/mol. The highest BCUT2D eigenvalue weighted by atomic mass is 15.2. The lowest BCUT2D eigenvalue weighted by Gasteiger charge is -2.42. The Morgan fingerprint density at radius 2 is 1.90 bits per heavy atom. The fraction of sp³-hybridized carbons (Fsp3) is 0.750. The van der Waals surface area contributed by atoms with Crippen molar-refractivity contribution in [3.05, 3.63) is 11.9 Å². The van der Waals surface area contributed by atoms with Crippen LogP contribution in [-0.4, -0.2) is 23.1 Å². The van der Waals surface area contributed by atoms with Gasteiger partial charge >= 0.3 is 0 Å². The summed E-state index contributed by atoms with van der Waals surface area (Å²) in [6.45, 7) is 6.62. The molecule has 1 aromatic rings. The van der Waals surface area contributed by atoms with E-state index in [-0.39, 0.29) is 0 Å². The predicted octanol–water partition coefficient (Wildman–Crippen LogP) is 3.20. The van der Waals surface area contributed by atoms with Crippen molar-refractivity contribution < 1.29 is 0 Å². The molecule has 1 aromatic heterocycles. The van der Waals surface area contributed by atoms with Crippen LogP contribution in [-0.2, 0) is 0 Å². The minimum Gasteiger partial charge on any atom is -0.383 e. The number of rotatable bonds is 2. The second-order valence-corrected chi connectivity index (χ2v) is 6.69. The molecule has 0 amide bonds. The van der Waals surface area contributed by atoms with E-state index < -0.39 is 0 Å². The number of piperidine rings is 1. The maximum Gasteiger partial charge on any atom is 0.137 e. The van der Waals surface area contributed by atoms with Crippen molar-refractivity contribution in [2.24, 2.45) is 11.8 Å². The van der Waals surface area contributed by atoms with E-state index in [1.165, 1.54) is 32.1 Å². The van der Waals surface area contributed by atoms with Crippen LogP contribution in [0.5, 0.6) is 0 Å². The Kier molecular flexibility index (Phi) is 3.81. The summed E-state index contributed by atoms with van der Waals surface area (Å²) >= 11 is 0. The highest BCUT2D eigenvalue weighted by Gasteiger charge is 2.32. The van der Waals surface area contributed by atoms with Crippen LogP contribution in [0.15, 0.2) is 6.33 Å². The van der Waals surface area contributed by atoms with Gasteiger partial charge in [-0.15, -0.1) is 0 Å². The van der Waals surface area contributed by atoms with Gasteiger partial charge in [0, 0.05) is 18.7 Å². The summed E-state index contributed by atoms with van der Waals surface area (Å²) in [5.74, 6) is 3.90. The van der Waals surface area contributed by atoms with E-state index in [9.17, 15) is 0 Å². The van der Waals surface area contributed by atoms with E-state index in [2.05, 4.69) is 28.7 Å². The molecule has 0 bridgehead atoms. The number of aromatic nitrogens is 2. The third-order valence-corrected chi connectivity index (χ3v) is 5.06. The summed E-state index contributed by atoms with van der Waals surface area (Å²) in [5, 5.41) is 0. The lowest BCUT2D eigenvalue weighted by atomic mass is 9.75. The van der Waals surface area contributed by atoms with Crippen LogP contribution in [0, 0.1) is 11.8 Å². The molecule has 0 aromatic carbocycles. The van der Waals surface area contributed by atoms with Crippen LogP contribution in [0.2, 0.25) is 0 Å². The molecule has 4 nitrogen and oxygen atoms in total. The van der Waals surface area contributed by atoms with Gasteiger partial charge < -0.3 is 10.6 Å². The molecule has 0 spiro atoms. The molecule has 3 rings (SSSR count). The molecule has 2 unspecified atom stereocenters. The Bertz CT molecular complexity index is 472. The van der Waals surface area contributed by atoms with Crippen molar-refractivity contribution in [1.29, 1.82) is 0 Å². The molecule has 20 heavy (non-hydrogen) atoms. The topological polar surface area (TPSA) is 55.0 Å².